The van der Waals surface area contributed by atoms with Crippen LogP contribution in [0.25, 0.3) is 0 Å². The van der Waals surface area contributed by atoms with Gasteiger partial charge in [0.15, 0.2) is 5.60 Å². The highest BCUT2D eigenvalue weighted by Gasteiger charge is 2.39. The van der Waals surface area contributed by atoms with E-state index in [-0.39, 0.29) is 5.92 Å². The summed E-state index contributed by atoms with van der Waals surface area (Å²) in [5, 5.41) is 18.4. The molecule has 3 heteroatoms. The average Bonchev–Trinajstić information content (AvgIpc) is 2.06. The molecule has 3 nitrogen and oxygen atoms in total. The van der Waals surface area contributed by atoms with Crippen molar-refractivity contribution in [3.8, 4) is 0 Å². The lowest BCUT2D eigenvalue weighted by molar-refractivity contribution is -0.163. The molecule has 70 valence electrons. The third-order valence-corrected chi connectivity index (χ3v) is 2.83. The Kier molecular flexibility index (Phi) is 2.73. The van der Waals surface area contributed by atoms with Crippen LogP contribution in [0.5, 0.6) is 0 Å². The predicted molar refractivity (Wildman–Crippen MR) is 44.8 cm³/mol. The molecule has 12 heavy (non-hydrogen) atoms. The van der Waals surface area contributed by atoms with Gasteiger partial charge in [-0.05, 0) is 25.7 Å². The van der Waals surface area contributed by atoms with Gasteiger partial charge in [0.05, 0.1) is 0 Å². The summed E-state index contributed by atoms with van der Waals surface area (Å²) in [7, 11) is 0. The van der Waals surface area contributed by atoms with Gasteiger partial charge in [-0.2, -0.15) is 0 Å². The summed E-state index contributed by atoms with van der Waals surface area (Å²) in [5.41, 5.74) is -1.51. The summed E-state index contributed by atoms with van der Waals surface area (Å²) in [4.78, 5) is 10.7. The number of carboxylic acids is 1. The Balaban J connectivity index is 2.59. The second-order valence-corrected chi connectivity index (χ2v) is 3.79. The van der Waals surface area contributed by atoms with Crippen LogP contribution in [-0.2, 0) is 4.79 Å². The number of carbonyl (C=O) groups is 1. The van der Waals surface area contributed by atoms with E-state index < -0.39 is 11.6 Å². The van der Waals surface area contributed by atoms with Crippen molar-refractivity contribution in [3.63, 3.8) is 0 Å². The molecule has 0 heterocycles. The number of aliphatic hydroxyl groups is 1. The van der Waals surface area contributed by atoms with Crippen LogP contribution in [0.15, 0.2) is 0 Å². The molecule has 0 saturated heterocycles. The zero-order valence-electron chi connectivity index (χ0n) is 7.42. The Labute approximate surface area is 72.4 Å². The Morgan fingerprint density at radius 1 is 1.33 bits per heavy atom. The number of rotatable bonds is 2. The molecule has 0 amide bonds. The molecule has 1 aliphatic rings. The fourth-order valence-electron chi connectivity index (χ4n) is 1.84. The molecule has 1 aliphatic carbocycles. The third-order valence-electron chi connectivity index (χ3n) is 2.83. The van der Waals surface area contributed by atoms with Crippen LogP contribution in [0.2, 0.25) is 0 Å². The standard InChI is InChI=1S/C9H16O3/c1-9(12,8(10)11)7-5-3-2-4-6-7/h7,12H,2-6H2,1H3,(H,10,11). The Morgan fingerprint density at radius 2 is 1.83 bits per heavy atom. The van der Waals surface area contributed by atoms with Crippen LogP contribution in [0.3, 0.4) is 0 Å². The van der Waals surface area contributed by atoms with Crippen molar-refractivity contribution in [1.29, 1.82) is 0 Å². The quantitative estimate of drug-likeness (QED) is 0.662. The van der Waals surface area contributed by atoms with E-state index in [4.69, 9.17) is 5.11 Å². The van der Waals surface area contributed by atoms with Crippen molar-refractivity contribution in [2.75, 3.05) is 0 Å². The fourth-order valence-corrected chi connectivity index (χ4v) is 1.84. The van der Waals surface area contributed by atoms with E-state index in [1.165, 1.54) is 13.3 Å². The molecule has 0 aromatic rings. The molecule has 0 aromatic heterocycles. The zero-order valence-corrected chi connectivity index (χ0v) is 7.42. The van der Waals surface area contributed by atoms with Crippen molar-refractivity contribution in [3.05, 3.63) is 0 Å². The summed E-state index contributed by atoms with van der Waals surface area (Å²) in [5.74, 6) is -1.14. The molecule has 2 N–H and O–H groups in total. The van der Waals surface area contributed by atoms with Gasteiger partial charge in [-0.15, -0.1) is 0 Å². The molecule has 0 spiro atoms. The van der Waals surface area contributed by atoms with Gasteiger partial charge in [-0.3, -0.25) is 0 Å². The van der Waals surface area contributed by atoms with E-state index >= 15 is 0 Å². The van der Waals surface area contributed by atoms with Crippen LogP contribution in [0.4, 0.5) is 0 Å². The normalized spacial score (nSPS) is 24.8. The molecule has 0 aromatic carbocycles. The van der Waals surface area contributed by atoms with Gasteiger partial charge in [0.25, 0.3) is 0 Å². The minimum atomic E-state index is -1.51. The molecule has 0 bridgehead atoms. The summed E-state index contributed by atoms with van der Waals surface area (Å²) in [6.07, 6.45) is 4.97. The molecular weight excluding hydrogens is 156 g/mol. The first-order chi connectivity index (χ1) is 5.55. The lowest BCUT2D eigenvalue weighted by Gasteiger charge is -2.31. The summed E-state index contributed by atoms with van der Waals surface area (Å²) in [6.45, 7) is 1.41. The molecule has 1 atom stereocenters. The van der Waals surface area contributed by atoms with Crippen LogP contribution in [0, 0.1) is 5.92 Å². The highest BCUT2D eigenvalue weighted by Crippen LogP contribution is 2.32. The van der Waals surface area contributed by atoms with Crippen LogP contribution in [0.1, 0.15) is 39.0 Å². The summed E-state index contributed by atoms with van der Waals surface area (Å²) >= 11 is 0. The predicted octanol–water partition coefficient (Wildman–Crippen LogP) is 1.40. The van der Waals surface area contributed by atoms with E-state index in [9.17, 15) is 9.90 Å². The lowest BCUT2D eigenvalue weighted by atomic mass is 9.78. The maximum atomic E-state index is 10.7. The highest BCUT2D eigenvalue weighted by atomic mass is 16.4. The smallest absolute Gasteiger partial charge is 0.335 e. The molecule has 1 rings (SSSR count). The fraction of sp³-hybridized carbons (Fsp3) is 0.889. The van der Waals surface area contributed by atoms with Crippen molar-refractivity contribution >= 4 is 5.97 Å². The minimum Gasteiger partial charge on any atom is -0.479 e. The third kappa shape index (κ3) is 1.78. The topological polar surface area (TPSA) is 57.5 Å². The Hall–Kier alpha value is -0.570. The SMILES string of the molecule is CC(O)(C(=O)O)C1CCCCC1. The van der Waals surface area contributed by atoms with Gasteiger partial charge in [0, 0.05) is 0 Å². The summed E-state index contributed by atoms with van der Waals surface area (Å²) in [6, 6.07) is 0. The largest absolute Gasteiger partial charge is 0.479 e. The second kappa shape index (κ2) is 3.44. The van der Waals surface area contributed by atoms with Crippen LogP contribution >= 0.6 is 0 Å². The number of aliphatic carboxylic acids is 1. The first kappa shape index (κ1) is 9.52. The van der Waals surface area contributed by atoms with Gasteiger partial charge in [-0.1, -0.05) is 19.3 Å². The molecule has 0 aliphatic heterocycles. The summed E-state index contributed by atoms with van der Waals surface area (Å²) < 4.78 is 0. The first-order valence-corrected chi connectivity index (χ1v) is 4.51. The highest BCUT2D eigenvalue weighted by molar-refractivity contribution is 5.76. The van der Waals surface area contributed by atoms with Gasteiger partial charge in [0.2, 0.25) is 0 Å². The average molecular weight is 172 g/mol. The molecule has 1 saturated carbocycles. The van der Waals surface area contributed by atoms with E-state index in [1.54, 1.807) is 0 Å². The van der Waals surface area contributed by atoms with Crippen molar-refractivity contribution in [1.82, 2.24) is 0 Å². The van der Waals surface area contributed by atoms with Gasteiger partial charge in [0.1, 0.15) is 0 Å². The van der Waals surface area contributed by atoms with E-state index in [2.05, 4.69) is 0 Å². The monoisotopic (exact) mass is 172 g/mol. The number of hydrogen-bond acceptors (Lipinski definition) is 2. The van der Waals surface area contributed by atoms with E-state index in [0.29, 0.717) is 0 Å². The van der Waals surface area contributed by atoms with Crippen molar-refractivity contribution in [2.45, 2.75) is 44.6 Å². The zero-order chi connectivity index (χ0) is 9.19. The Bertz CT molecular complexity index is 169. The van der Waals surface area contributed by atoms with Crippen molar-refractivity contribution < 1.29 is 15.0 Å². The number of hydrogen-bond donors (Lipinski definition) is 2. The lowest BCUT2D eigenvalue weighted by Crippen LogP contribution is -2.43. The Morgan fingerprint density at radius 3 is 2.25 bits per heavy atom. The number of carboxylic acid groups (broad SMARTS) is 1. The van der Waals surface area contributed by atoms with Gasteiger partial charge >= 0.3 is 5.97 Å². The van der Waals surface area contributed by atoms with Gasteiger partial charge < -0.3 is 10.2 Å². The molecule has 1 unspecified atom stereocenters. The maximum Gasteiger partial charge on any atom is 0.335 e. The molecule has 1 fully saturated rings. The second-order valence-electron chi connectivity index (χ2n) is 3.79. The van der Waals surface area contributed by atoms with E-state index in [0.717, 1.165) is 25.7 Å². The van der Waals surface area contributed by atoms with E-state index in [1.807, 2.05) is 0 Å². The first-order valence-electron chi connectivity index (χ1n) is 4.51. The van der Waals surface area contributed by atoms with Gasteiger partial charge in [-0.25, -0.2) is 4.79 Å². The minimum absolute atomic E-state index is 0.0521. The molecular formula is C9H16O3. The maximum absolute atomic E-state index is 10.7. The molecule has 0 radical (unpaired) electrons. The van der Waals surface area contributed by atoms with Crippen LogP contribution < -0.4 is 0 Å². The van der Waals surface area contributed by atoms with Crippen molar-refractivity contribution in [2.24, 2.45) is 5.92 Å². The van der Waals surface area contributed by atoms with Crippen LogP contribution in [-0.4, -0.2) is 21.8 Å².